The van der Waals surface area contributed by atoms with Gasteiger partial charge in [0.15, 0.2) is 0 Å². The van der Waals surface area contributed by atoms with E-state index < -0.39 is 34.8 Å². The van der Waals surface area contributed by atoms with Crippen LogP contribution in [0.3, 0.4) is 0 Å². The highest BCUT2D eigenvalue weighted by Crippen LogP contribution is 2.20. The number of carbonyl (C=O) groups is 2. The molecule has 1 amide bonds. The van der Waals surface area contributed by atoms with Crippen molar-refractivity contribution in [1.29, 1.82) is 0 Å². The number of halogens is 2. The molecule has 0 radical (unpaired) electrons. The fourth-order valence-electron chi connectivity index (χ4n) is 1.53. The first-order chi connectivity index (χ1) is 9.38. The number of rotatable bonds is 3. The third-order valence-corrected chi connectivity index (χ3v) is 2.47. The Labute approximate surface area is 111 Å². The van der Waals surface area contributed by atoms with Crippen LogP contribution in [0.1, 0.15) is 20.8 Å². The summed E-state index contributed by atoms with van der Waals surface area (Å²) in [6.45, 7) is 0. The fourth-order valence-corrected chi connectivity index (χ4v) is 1.53. The Kier molecular flexibility index (Phi) is 3.47. The Balaban J connectivity index is 2.31. The highest BCUT2D eigenvalue weighted by Gasteiger charge is 2.17. The lowest BCUT2D eigenvalue weighted by Crippen LogP contribution is -2.15. The largest absolute Gasteiger partial charge is 0.478 e. The predicted molar refractivity (Wildman–Crippen MR) is 64.5 cm³/mol. The van der Waals surface area contributed by atoms with E-state index in [0.717, 1.165) is 0 Å². The number of benzene rings is 1. The molecular formula is C12H9F2N3O3. The maximum Gasteiger partial charge on any atom is 0.338 e. The Morgan fingerprint density at radius 3 is 2.55 bits per heavy atom. The van der Waals surface area contributed by atoms with Crippen LogP contribution >= 0.6 is 0 Å². The SMILES string of the molecule is Cn1cnc(C(=O)Nc2cc(C(=O)O)c(F)cc2F)c1. The zero-order valence-corrected chi connectivity index (χ0v) is 10.2. The number of amides is 1. The van der Waals surface area contributed by atoms with Gasteiger partial charge in [0.25, 0.3) is 5.91 Å². The Bertz CT molecular complexity index is 697. The zero-order chi connectivity index (χ0) is 14.9. The highest BCUT2D eigenvalue weighted by atomic mass is 19.1. The van der Waals surface area contributed by atoms with Gasteiger partial charge in [-0.1, -0.05) is 0 Å². The molecule has 6 nitrogen and oxygen atoms in total. The summed E-state index contributed by atoms with van der Waals surface area (Å²) in [5, 5.41) is 10.9. The topological polar surface area (TPSA) is 84.2 Å². The van der Waals surface area contributed by atoms with Crippen molar-refractivity contribution < 1.29 is 23.5 Å². The van der Waals surface area contributed by atoms with Gasteiger partial charge in [-0.15, -0.1) is 0 Å². The molecule has 0 saturated heterocycles. The van der Waals surface area contributed by atoms with Crippen LogP contribution in [0.4, 0.5) is 14.5 Å². The second-order valence-electron chi connectivity index (χ2n) is 4.00. The summed E-state index contributed by atoms with van der Waals surface area (Å²) in [5.74, 6) is -4.58. The van der Waals surface area contributed by atoms with E-state index in [1.165, 1.54) is 17.1 Å². The number of hydrogen-bond acceptors (Lipinski definition) is 3. The van der Waals surface area contributed by atoms with E-state index >= 15 is 0 Å². The van der Waals surface area contributed by atoms with Gasteiger partial charge in [0.1, 0.15) is 17.3 Å². The maximum absolute atomic E-state index is 13.5. The van der Waals surface area contributed by atoms with Gasteiger partial charge >= 0.3 is 5.97 Å². The van der Waals surface area contributed by atoms with Gasteiger partial charge in [0.05, 0.1) is 17.6 Å². The standard InChI is InChI=1S/C12H9F2N3O3/c1-17-4-10(15-5-17)11(18)16-9-2-6(12(19)20)7(13)3-8(9)14/h2-5H,1H3,(H,16,18)(H,19,20). The highest BCUT2D eigenvalue weighted by molar-refractivity contribution is 6.03. The molecule has 8 heteroatoms. The molecule has 1 heterocycles. The van der Waals surface area contributed by atoms with E-state index in [9.17, 15) is 18.4 Å². The maximum atomic E-state index is 13.5. The second kappa shape index (κ2) is 5.08. The average Bonchev–Trinajstić information content (AvgIpc) is 2.79. The number of carbonyl (C=O) groups excluding carboxylic acids is 1. The van der Waals surface area contributed by atoms with Crippen LogP contribution in [-0.2, 0) is 7.05 Å². The number of carboxylic acids is 1. The van der Waals surface area contributed by atoms with Gasteiger partial charge in [0.2, 0.25) is 0 Å². The van der Waals surface area contributed by atoms with Gasteiger partial charge in [-0.3, -0.25) is 4.79 Å². The number of nitrogens with one attached hydrogen (secondary N) is 1. The molecule has 2 rings (SSSR count). The number of aromatic carboxylic acids is 1. The zero-order valence-electron chi connectivity index (χ0n) is 10.2. The van der Waals surface area contributed by atoms with Crippen molar-refractivity contribution in [3.63, 3.8) is 0 Å². The summed E-state index contributed by atoms with van der Waals surface area (Å²) in [6.07, 6.45) is 2.77. The molecule has 0 saturated carbocycles. The van der Waals surface area contributed by atoms with Crippen molar-refractivity contribution in [2.45, 2.75) is 0 Å². The van der Waals surface area contributed by atoms with E-state index in [2.05, 4.69) is 10.3 Å². The molecule has 0 aliphatic carbocycles. The van der Waals surface area contributed by atoms with Crippen molar-refractivity contribution in [3.05, 3.63) is 47.5 Å². The monoisotopic (exact) mass is 281 g/mol. The molecule has 1 aromatic carbocycles. The van der Waals surface area contributed by atoms with Crippen molar-refractivity contribution >= 4 is 17.6 Å². The first-order valence-corrected chi connectivity index (χ1v) is 5.40. The van der Waals surface area contributed by atoms with Gasteiger partial charge in [-0.2, -0.15) is 0 Å². The van der Waals surface area contributed by atoms with Gasteiger partial charge in [0, 0.05) is 19.3 Å². The minimum absolute atomic E-state index is 0.0214. The van der Waals surface area contributed by atoms with Gasteiger partial charge < -0.3 is 15.0 Å². The van der Waals surface area contributed by atoms with E-state index in [1.54, 1.807) is 7.05 Å². The van der Waals surface area contributed by atoms with Crippen LogP contribution in [0.5, 0.6) is 0 Å². The Hall–Kier alpha value is -2.77. The molecule has 2 N–H and O–H groups in total. The minimum Gasteiger partial charge on any atom is -0.478 e. The molecule has 2 aromatic rings. The minimum atomic E-state index is -1.56. The first kappa shape index (κ1) is 13.7. The summed E-state index contributed by atoms with van der Waals surface area (Å²) < 4.78 is 28.2. The molecule has 1 aromatic heterocycles. The van der Waals surface area contributed by atoms with Crippen LogP contribution in [0.2, 0.25) is 0 Å². The molecule has 0 fully saturated rings. The number of aromatic nitrogens is 2. The molecule has 20 heavy (non-hydrogen) atoms. The Morgan fingerprint density at radius 2 is 2.00 bits per heavy atom. The molecule has 0 unspecified atom stereocenters. The normalized spacial score (nSPS) is 10.3. The number of imidazole rings is 1. The predicted octanol–water partition coefficient (Wildman–Crippen LogP) is 1.65. The third kappa shape index (κ3) is 2.63. The van der Waals surface area contributed by atoms with Gasteiger partial charge in [-0.05, 0) is 6.07 Å². The summed E-state index contributed by atoms with van der Waals surface area (Å²) >= 11 is 0. The van der Waals surface area contributed by atoms with Crippen molar-refractivity contribution in [3.8, 4) is 0 Å². The number of nitrogens with zero attached hydrogens (tertiary/aromatic N) is 2. The number of hydrogen-bond donors (Lipinski definition) is 2. The van der Waals surface area contributed by atoms with Crippen LogP contribution < -0.4 is 5.32 Å². The molecule has 0 aliphatic rings. The smallest absolute Gasteiger partial charge is 0.338 e. The molecular weight excluding hydrogens is 272 g/mol. The Morgan fingerprint density at radius 1 is 1.30 bits per heavy atom. The lowest BCUT2D eigenvalue weighted by atomic mass is 10.1. The molecule has 104 valence electrons. The summed E-state index contributed by atoms with van der Waals surface area (Å²) in [6, 6.07) is 1.12. The summed E-state index contributed by atoms with van der Waals surface area (Å²) in [7, 11) is 1.64. The number of aryl methyl sites for hydroxylation is 1. The first-order valence-electron chi connectivity index (χ1n) is 5.40. The van der Waals surface area contributed by atoms with Crippen LogP contribution in [-0.4, -0.2) is 26.5 Å². The average molecular weight is 281 g/mol. The van der Waals surface area contributed by atoms with E-state index in [4.69, 9.17) is 5.11 Å². The molecule has 0 spiro atoms. The van der Waals surface area contributed by atoms with Crippen molar-refractivity contribution in [1.82, 2.24) is 9.55 Å². The molecule has 0 atom stereocenters. The lowest BCUT2D eigenvalue weighted by Gasteiger charge is -2.07. The lowest BCUT2D eigenvalue weighted by molar-refractivity contribution is 0.0691. The van der Waals surface area contributed by atoms with E-state index in [-0.39, 0.29) is 5.69 Å². The van der Waals surface area contributed by atoms with Crippen LogP contribution in [0.25, 0.3) is 0 Å². The molecule has 0 bridgehead atoms. The van der Waals surface area contributed by atoms with Crippen molar-refractivity contribution in [2.75, 3.05) is 5.32 Å². The quantitative estimate of drug-likeness (QED) is 0.896. The van der Waals surface area contributed by atoms with Crippen molar-refractivity contribution in [2.24, 2.45) is 7.05 Å². The fraction of sp³-hybridized carbons (Fsp3) is 0.0833. The van der Waals surface area contributed by atoms with Crippen LogP contribution in [0.15, 0.2) is 24.7 Å². The second-order valence-corrected chi connectivity index (χ2v) is 4.00. The third-order valence-electron chi connectivity index (χ3n) is 2.47. The summed E-state index contributed by atoms with van der Waals surface area (Å²) in [5.41, 5.74) is -1.14. The van der Waals surface area contributed by atoms with E-state index in [0.29, 0.717) is 12.1 Å². The summed E-state index contributed by atoms with van der Waals surface area (Å²) in [4.78, 5) is 26.3. The molecule has 0 aliphatic heterocycles. The van der Waals surface area contributed by atoms with Gasteiger partial charge in [-0.25, -0.2) is 18.6 Å². The van der Waals surface area contributed by atoms with Crippen LogP contribution in [0, 0.1) is 11.6 Å². The number of carboxylic acid groups (broad SMARTS) is 1. The van der Waals surface area contributed by atoms with E-state index in [1.807, 2.05) is 0 Å². The number of anilines is 1.